The number of likely N-dealkylation sites (tertiary alicyclic amines) is 1. The Labute approximate surface area is 200 Å². The molecule has 34 heavy (non-hydrogen) atoms. The number of benzene rings is 1. The molecule has 0 radical (unpaired) electrons. The van der Waals surface area contributed by atoms with Crippen molar-refractivity contribution in [3.8, 4) is 6.07 Å². The van der Waals surface area contributed by atoms with E-state index in [1.54, 1.807) is 4.68 Å². The minimum Gasteiger partial charge on any atom is -0.465 e. The number of nitriles is 1. The third kappa shape index (κ3) is 5.61. The van der Waals surface area contributed by atoms with Crippen LogP contribution in [0.15, 0.2) is 18.2 Å². The molecular formula is C25H35N5O4. The lowest BCUT2D eigenvalue weighted by molar-refractivity contribution is -0.155. The van der Waals surface area contributed by atoms with Gasteiger partial charge in [0.25, 0.3) is 0 Å². The van der Waals surface area contributed by atoms with E-state index in [9.17, 15) is 20.0 Å². The number of piperidine rings is 1. The summed E-state index contributed by atoms with van der Waals surface area (Å²) >= 11 is 0. The quantitative estimate of drug-likeness (QED) is 0.606. The SMILES string of the molecule is C[C@@H]1CN(C(=O)O)CC[C@H]1Nc1ccc2c(C(C)(C#N)CCC(=O)OC(C)(C)C)nn(C)c2c1. The van der Waals surface area contributed by atoms with Crippen LogP contribution in [0.1, 0.15) is 59.6 Å². The second-order valence-corrected chi connectivity index (χ2v) is 10.5. The van der Waals surface area contributed by atoms with Crippen LogP contribution < -0.4 is 5.32 Å². The minimum absolute atomic E-state index is 0.131. The number of aryl methyl sites for hydroxylation is 1. The molecule has 1 saturated heterocycles. The van der Waals surface area contributed by atoms with Gasteiger partial charge in [0.2, 0.25) is 0 Å². The molecule has 184 valence electrons. The van der Waals surface area contributed by atoms with Crippen LogP contribution in [-0.2, 0) is 22.0 Å². The number of hydrogen-bond donors (Lipinski definition) is 2. The van der Waals surface area contributed by atoms with E-state index >= 15 is 0 Å². The maximum absolute atomic E-state index is 12.2. The molecule has 3 rings (SSSR count). The number of nitrogens with zero attached hydrogens (tertiary/aromatic N) is 4. The van der Waals surface area contributed by atoms with E-state index in [2.05, 4.69) is 23.4 Å². The van der Waals surface area contributed by atoms with Crippen molar-refractivity contribution in [2.75, 3.05) is 18.4 Å². The minimum atomic E-state index is -0.941. The third-order valence-corrected chi connectivity index (χ3v) is 6.40. The number of aromatic nitrogens is 2. The lowest BCUT2D eigenvalue weighted by atomic mass is 9.82. The number of nitrogens with one attached hydrogen (secondary N) is 1. The van der Waals surface area contributed by atoms with Crippen molar-refractivity contribution in [2.24, 2.45) is 13.0 Å². The van der Waals surface area contributed by atoms with Gasteiger partial charge < -0.3 is 20.1 Å². The zero-order valence-corrected chi connectivity index (χ0v) is 20.9. The van der Waals surface area contributed by atoms with Crippen molar-refractivity contribution in [1.29, 1.82) is 5.26 Å². The van der Waals surface area contributed by atoms with Crippen LogP contribution >= 0.6 is 0 Å². The summed E-state index contributed by atoms with van der Waals surface area (Å²) in [5.74, 6) is -0.152. The van der Waals surface area contributed by atoms with E-state index in [1.165, 1.54) is 4.90 Å². The zero-order chi connectivity index (χ0) is 25.3. The van der Waals surface area contributed by atoms with Gasteiger partial charge in [-0.05, 0) is 64.7 Å². The van der Waals surface area contributed by atoms with Gasteiger partial charge in [0.05, 0.1) is 22.7 Å². The number of esters is 1. The molecule has 0 saturated carbocycles. The largest absolute Gasteiger partial charge is 0.465 e. The summed E-state index contributed by atoms with van der Waals surface area (Å²) in [7, 11) is 1.84. The van der Waals surface area contributed by atoms with Gasteiger partial charge in [-0.15, -0.1) is 0 Å². The third-order valence-electron chi connectivity index (χ3n) is 6.40. The normalized spacial score (nSPS) is 20.4. The number of carboxylic acid groups (broad SMARTS) is 1. The maximum atomic E-state index is 12.2. The smallest absolute Gasteiger partial charge is 0.407 e. The van der Waals surface area contributed by atoms with Crippen molar-refractivity contribution in [2.45, 2.75) is 70.9 Å². The second-order valence-electron chi connectivity index (χ2n) is 10.5. The van der Waals surface area contributed by atoms with E-state index in [0.29, 0.717) is 25.2 Å². The monoisotopic (exact) mass is 469 g/mol. The van der Waals surface area contributed by atoms with Crippen molar-refractivity contribution in [3.63, 3.8) is 0 Å². The van der Waals surface area contributed by atoms with E-state index in [0.717, 1.165) is 23.0 Å². The molecular weight excluding hydrogens is 434 g/mol. The van der Waals surface area contributed by atoms with Gasteiger partial charge >= 0.3 is 12.1 Å². The van der Waals surface area contributed by atoms with Crippen LogP contribution in [-0.4, -0.2) is 56.6 Å². The number of hydrogen-bond acceptors (Lipinski definition) is 6. The summed E-state index contributed by atoms with van der Waals surface area (Å²) in [6.07, 6.45) is 0.302. The summed E-state index contributed by atoms with van der Waals surface area (Å²) in [4.78, 5) is 24.9. The molecule has 9 heteroatoms. The zero-order valence-electron chi connectivity index (χ0n) is 20.9. The van der Waals surface area contributed by atoms with Crippen LogP contribution in [0, 0.1) is 17.2 Å². The molecule has 0 aliphatic carbocycles. The van der Waals surface area contributed by atoms with Crippen molar-refractivity contribution in [3.05, 3.63) is 23.9 Å². The number of ether oxygens (including phenoxy) is 1. The number of carbonyl (C=O) groups is 2. The first-order chi connectivity index (χ1) is 15.8. The van der Waals surface area contributed by atoms with Crippen LogP contribution in [0.4, 0.5) is 10.5 Å². The highest BCUT2D eigenvalue weighted by molar-refractivity contribution is 5.86. The maximum Gasteiger partial charge on any atom is 0.407 e. The van der Waals surface area contributed by atoms with Crippen LogP contribution in [0.3, 0.4) is 0 Å². The Morgan fingerprint density at radius 2 is 2.03 bits per heavy atom. The molecule has 1 aromatic carbocycles. The molecule has 3 atom stereocenters. The van der Waals surface area contributed by atoms with Crippen LogP contribution in [0.25, 0.3) is 10.9 Å². The molecule has 9 nitrogen and oxygen atoms in total. The molecule has 0 bridgehead atoms. The van der Waals surface area contributed by atoms with E-state index < -0.39 is 17.1 Å². The average Bonchev–Trinajstić information content (AvgIpc) is 3.09. The Balaban J connectivity index is 1.79. The number of carbonyl (C=O) groups excluding carboxylic acids is 1. The van der Waals surface area contributed by atoms with E-state index in [-0.39, 0.29) is 24.3 Å². The summed E-state index contributed by atoms with van der Waals surface area (Å²) in [6, 6.07) is 8.47. The summed E-state index contributed by atoms with van der Waals surface area (Å²) < 4.78 is 7.16. The number of rotatable bonds is 6. The van der Waals surface area contributed by atoms with Gasteiger partial charge in [0.1, 0.15) is 5.60 Å². The lowest BCUT2D eigenvalue weighted by Crippen LogP contribution is -2.47. The number of fused-ring (bicyclic) bond motifs is 1. The predicted molar refractivity (Wildman–Crippen MR) is 130 cm³/mol. The molecule has 1 amide bonds. The molecule has 2 aromatic rings. The first kappa shape index (κ1) is 25.3. The average molecular weight is 470 g/mol. The Morgan fingerprint density at radius 3 is 2.62 bits per heavy atom. The topological polar surface area (TPSA) is 120 Å². The van der Waals surface area contributed by atoms with Crippen LogP contribution in [0.2, 0.25) is 0 Å². The highest BCUT2D eigenvalue weighted by Crippen LogP contribution is 2.35. The van der Waals surface area contributed by atoms with Gasteiger partial charge in [-0.3, -0.25) is 9.48 Å². The first-order valence-electron chi connectivity index (χ1n) is 11.7. The summed E-state index contributed by atoms with van der Waals surface area (Å²) in [6.45, 7) is 10.3. The number of amides is 1. The molecule has 2 heterocycles. The van der Waals surface area contributed by atoms with Crippen molar-refractivity contribution < 1.29 is 19.4 Å². The van der Waals surface area contributed by atoms with Gasteiger partial charge in [0, 0.05) is 43.7 Å². The standard InChI is InChI=1S/C25H35N5O4/c1-16-14-30(23(32)33)12-10-19(16)27-17-7-8-18-20(13-17)29(6)28-22(18)25(5,15-26)11-9-21(31)34-24(2,3)4/h7-8,13,16,19,27H,9-12,14H2,1-6H3,(H,32,33)/t16-,19-,25?/m1/s1. The summed E-state index contributed by atoms with van der Waals surface area (Å²) in [5, 5.41) is 28.3. The van der Waals surface area contributed by atoms with Crippen LogP contribution in [0.5, 0.6) is 0 Å². The number of anilines is 1. The predicted octanol–water partition coefficient (Wildman–Crippen LogP) is 4.28. The Morgan fingerprint density at radius 1 is 1.32 bits per heavy atom. The second kappa shape index (κ2) is 9.53. The highest BCUT2D eigenvalue weighted by atomic mass is 16.6. The van der Waals surface area contributed by atoms with E-state index in [1.807, 2.05) is 52.9 Å². The molecule has 1 unspecified atom stereocenters. The van der Waals surface area contributed by atoms with Gasteiger partial charge in [-0.2, -0.15) is 10.4 Å². The van der Waals surface area contributed by atoms with Gasteiger partial charge in [-0.1, -0.05) is 6.92 Å². The highest BCUT2D eigenvalue weighted by Gasteiger charge is 2.34. The van der Waals surface area contributed by atoms with Crippen molar-refractivity contribution in [1.82, 2.24) is 14.7 Å². The Bertz CT molecular complexity index is 1110. The molecule has 1 aromatic heterocycles. The molecule has 1 aliphatic heterocycles. The van der Waals surface area contributed by atoms with Crippen molar-refractivity contribution >= 4 is 28.7 Å². The Hall–Kier alpha value is -3.28. The molecule has 0 spiro atoms. The van der Waals surface area contributed by atoms with Gasteiger partial charge in [0.15, 0.2) is 0 Å². The fourth-order valence-electron chi connectivity index (χ4n) is 4.47. The molecule has 2 N–H and O–H groups in total. The fourth-order valence-corrected chi connectivity index (χ4v) is 4.47. The molecule has 1 fully saturated rings. The Kier molecular flexibility index (Phi) is 7.10. The van der Waals surface area contributed by atoms with E-state index in [4.69, 9.17) is 4.74 Å². The fraction of sp³-hybridized carbons (Fsp3) is 0.600. The summed E-state index contributed by atoms with van der Waals surface area (Å²) in [5.41, 5.74) is 0.946. The first-order valence-corrected chi connectivity index (χ1v) is 11.7. The lowest BCUT2D eigenvalue weighted by Gasteiger charge is -2.36. The molecule has 1 aliphatic rings. The van der Waals surface area contributed by atoms with Gasteiger partial charge in [-0.25, -0.2) is 4.79 Å².